The number of nitrogens with one attached hydrogen (secondary N) is 1. The number of ether oxygens (including phenoxy) is 1. The lowest BCUT2D eigenvalue weighted by Crippen LogP contribution is -2.36. The largest absolute Gasteiger partial charge is 0.492 e. The highest BCUT2D eigenvalue weighted by atomic mass is 79.9. The van der Waals surface area contributed by atoms with Gasteiger partial charge in [-0.3, -0.25) is 4.79 Å². The van der Waals surface area contributed by atoms with E-state index in [4.69, 9.17) is 4.74 Å². The Morgan fingerprint density at radius 1 is 1.48 bits per heavy atom. The van der Waals surface area contributed by atoms with E-state index in [1.807, 2.05) is 25.3 Å². The second-order valence-corrected chi connectivity index (χ2v) is 7.12. The highest BCUT2D eigenvalue weighted by Gasteiger charge is 2.18. The minimum atomic E-state index is -0.823. The van der Waals surface area contributed by atoms with Crippen molar-refractivity contribution in [3.8, 4) is 5.75 Å². The Balaban J connectivity index is 2.83. The Bertz CT molecular complexity index is 486. The summed E-state index contributed by atoms with van der Waals surface area (Å²) in [6, 6.07) is 3.30. The highest BCUT2D eigenvalue weighted by Crippen LogP contribution is 2.33. The molecule has 1 rings (SSSR count). The van der Waals surface area contributed by atoms with E-state index in [1.165, 1.54) is 0 Å². The Hall–Kier alpha value is -0.240. The summed E-state index contributed by atoms with van der Waals surface area (Å²) < 4.78 is 7.41. The van der Waals surface area contributed by atoms with E-state index in [-0.39, 0.29) is 0 Å². The molecule has 4 nitrogen and oxygen atoms in total. The number of carboxylic acid groups (broad SMARTS) is 1. The normalized spacial score (nSPS) is 12.2. The molecule has 0 aliphatic rings. The fourth-order valence-corrected chi connectivity index (χ4v) is 3.73. The van der Waals surface area contributed by atoms with Gasteiger partial charge in [-0.15, -0.1) is 0 Å². The molecule has 0 aliphatic heterocycles. The number of aliphatic carboxylic acids is 1. The molecule has 7 heteroatoms. The molecule has 0 saturated heterocycles. The van der Waals surface area contributed by atoms with Gasteiger partial charge in [-0.2, -0.15) is 11.8 Å². The molecular weight excluding hydrogens is 422 g/mol. The van der Waals surface area contributed by atoms with Gasteiger partial charge in [-0.05, 0) is 53.4 Å². The van der Waals surface area contributed by atoms with Crippen LogP contribution in [0.1, 0.15) is 18.9 Å². The molecule has 0 aromatic heterocycles. The van der Waals surface area contributed by atoms with Crippen LogP contribution in [0.5, 0.6) is 5.75 Å². The van der Waals surface area contributed by atoms with Gasteiger partial charge in [0.25, 0.3) is 0 Å². The maximum Gasteiger partial charge on any atom is 0.320 e. The van der Waals surface area contributed by atoms with E-state index >= 15 is 0 Å². The Morgan fingerprint density at radius 2 is 2.19 bits per heavy atom. The zero-order valence-electron chi connectivity index (χ0n) is 12.0. The minimum absolute atomic E-state index is 0.443. The highest BCUT2D eigenvalue weighted by molar-refractivity contribution is 9.11. The molecule has 0 aliphatic carbocycles. The molecule has 0 fully saturated rings. The van der Waals surface area contributed by atoms with Gasteiger partial charge in [-0.25, -0.2) is 0 Å². The molecule has 0 heterocycles. The number of halogens is 2. The first kappa shape index (κ1) is 18.8. The van der Waals surface area contributed by atoms with Gasteiger partial charge in [0, 0.05) is 16.6 Å². The van der Waals surface area contributed by atoms with Crippen molar-refractivity contribution in [2.45, 2.75) is 25.9 Å². The quantitative estimate of drug-likeness (QED) is 0.609. The Labute approximate surface area is 146 Å². The first-order chi connectivity index (χ1) is 9.99. The fraction of sp³-hybridized carbons (Fsp3) is 0.500. The summed E-state index contributed by atoms with van der Waals surface area (Å²) in [5.74, 6) is 0.739. The van der Waals surface area contributed by atoms with Crippen molar-refractivity contribution < 1.29 is 14.6 Å². The lowest BCUT2D eigenvalue weighted by molar-refractivity contribution is -0.139. The topological polar surface area (TPSA) is 58.6 Å². The van der Waals surface area contributed by atoms with Crippen LogP contribution in [-0.4, -0.2) is 35.7 Å². The molecule has 21 heavy (non-hydrogen) atoms. The average Bonchev–Trinajstić information content (AvgIpc) is 2.42. The maximum atomic E-state index is 11.2. The van der Waals surface area contributed by atoms with Crippen molar-refractivity contribution >= 4 is 49.6 Å². The molecule has 1 aromatic rings. The molecule has 2 N–H and O–H groups in total. The molecule has 1 atom stereocenters. The summed E-state index contributed by atoms with van der Waals surface area (Å²) in [7, 11) is 0. The van der Waals surface area contributed by atoms with Crippen molar-refractivity contribution in [3.63, 3.8) is 0 Å². The summed E-state index contributed by atoms with van der Waals surface area (Å²) in [5, 5.41) is 12.3. The molecule has 0 saturated carbocycles. The molecule has 0 spiro atoms. The Kier molecular flexibility index (Phi) is 8.70. The number of hydrogen-bond acceptors (Lipinski definition) is 4. The summed E-state index contributed by atoms with van der Waals surface area (Å²) in [4.78, 5) is 11.2. The van der Waals surface area contributed by atoms with E-state index in [2.05, 4.69) is 37.2 Å². The van der Waals surface area contributed by atoms with Crippen LogP contribution < -0.4 is 10.1 Å². The predicted octanol–water partition coefficient (Wildman–Crippen LogP) is 3.91. The van der Waals surface area contributed by atoms with Crippen LogP contribution in [0, 0.1) is 0 Å². The first-order valence-corrected chi connectivity index (χ1v) is 9.53. The van der Waals surface area contributed by atoms with E-state index in [1.54, 1.807) is 11.8 Å². The average molecular weight is 441 g/mol. The van der Waals surface area contributed by atoms with Gasteiger partial charge in [0.05, 0.1) is 11.1 Å². The summed E-state index contributed by atoms with van der Waals surface area (Å²) in [5.41, 5.74) is 0.925. The molecule has 1 unspecified atom stereocenters. The van der Waals surface area contributed by atoms with Crippen LogP contribution in [-0.2, 0) is 11.3 Å². The number of carboxylic acids is 1. The van der Waals surface area contributed by atoms with E-state index in [9.17, 15) is 9.90 Å². The molecule has 118 valence electrons. The molecule has 0 amide bonds. The SMILES string of the molecule is CCOc1c(Br)cc(Br)cc1CNC(CCSC)C(=O)O. The van der Waals surface area contributed by atoms with Gasteiger partial charge in [0.15, 0.2) is 0 Å². The van der Waals surface area contributed by atoms with Crippen LogP contribution in [0.4, 0.5) is 0 Å². The summed E-state index contributed by atoms with van der Waals surface area (Å²) in [6.07, 6.45) is 2.56. The van der Waals surface area contributed by atoms with Crippen molar-refractivity contribution in [2.24, 2.45) is 0 Å². The van der Waals surface area contributed by atoms with Crippen molar-refractivity contribution in [1.82, 2.24) is 5.32 Å². The lowest BCUT2D eigenvalue weighted by Gasteiger charge is -2.17. The smallest absolute Gasteiger partial charge is 0.320 e. The Morgan fingerprint density at radius 3 is 2.76 bits per heavy atom. The first-order valence-electron chi connectivity index (χ1n) is 6.55. The minimum Gasteiger partial charge on any atom is -0.492 e. The van der Waals surface area contributed by atoms with Crippen LogP contribution in [0.2, 0.25) is 0 Å². The summed E-state index contributed by atoms with van der Waals surface area (Å²) >= 11 is 8.56. The number of benzene rings is 1. The van der Waals surface area contributed by atoms with Crippen molar-refractivity contribution in [3.05, 3.63) is 26.6 Å². The van der Waals surface area contributed by atoms with Gasteiger partial charge in [0.2, 0.25) is 0 Å². The third kappa shape index (κ3) is 6.18. The second-order valence-electron chi connectivity index (χ2n) is 4.36. The number of rotatable bonds is 9. The zero-order valence-corrected chi connectivity index (χ0v) is 16.0. The molecule has 0 bridgehead atoms. The van der Waals surface area contributed by atoms with E-state index < -0.39 is 12.0 Å². The number of carbonyl (C=O) groups is 1. The predicted molar refractivity (Wildman–Crippen MR) is 94.3 cm³/mol. The molecule has 1 aromatic carbocycles. The standard InChI is InChI=1S/C14H19Br2NO3S/c1-3-20-13-9(6-10(15)7-11(13)16)8-17-12(14(18)19)4-5-21-2/h6-7,12,17H,3-5,8H2,1-2H3,(H,18,19). The zero-order chi connectivity index (χ0) is 15.8. The van der Waals surface area contributed by atoms with Gasteiger partial charge in [0.1, 0.15) is 11.8 Å². The van der Waals surface area contributed by atoms with Crippen LogP contribution in [0.15, 0.2) is 21.1 Å². The van der Waals surface area contributed by atoms with Gasteiger partial charge in [-0.1, -0.05) is 15.9 Å². The van der Waals surface area contributed by atoms with Crippen molar-refractivity contribution in [2.75, 3.05) is 18.6 Å². The van der Waals surface area contributed by atoms with E-state index in [0.29, 0.717) is 19.6 Å². The van der Waals surface area contributed by atoms with Crippen LogP contribution >= 0.6 is 43.6 Å². The maximum absolute atomic E-state index is 11.2. The van der Waals surface area contributed by atoms with E-state index in [0.717, 1.165) is 26.0 Å². The number of hydrogen-bond donors (Lipinski definition) is 2. The lowest BCUT2D eigenvalue weighted by atomic mass is 10.1. The third-order valence-corrected chi connectivity index (χ3v) is 4.51. The van der Waals surface area contributed by atoms with Gasteiger partial charge < -0.3 is 15.2 Å². The monoisotopic (exact) mass is 439 g/mol. The van der Waals surface area contributed by atoms with Crippen molar-refractivity contribution in [1.29, 1.82) is 0 Å². The fourth-order valence-electron chi connectivity index (χ4n) is 1.83. The molecule has 0 radical (unpaired) electrons. The number of thioether (sulfide) groups is 1. The third-order valence-electron chi connectivity index (χ3n) is 2.82. The molecular formula is C14H19Br2NO3S. The van der Waals surface area contributed by atoms with Crippen LogP contribution in [0.3, 0.4) is 0 Å². The second kappa shape index (κ2) is 9.71. The summed E-state index contributed by atoms with van der Waals surface area (Å²) in [6.45, 7) is 2.92. The van der Waals surface area contributed by atoms with Gasteiger partial charge >= 0.3 is 5.97 Å². The van der Waals surface area contributed by atoms with Crippen LogP contribution in [0.25, 0.3) is 0 Å².